The second-order valence-electron chi connectivity index (χ2n) is 7.24. The van der Waals surface area contributed by atoms with Gasteiger partial charge in [-0.2, -0.15) is 0 Å². The average molecular weight is 375 g/mol. The highest BCUT2D eigenvalue weighted by atomic mass is 32.1. The first-order chi connectivity index (χ1) is 12.2. The van der Waals surface area contributed by atoms with Gasteiger partial charge in [0.2, 0.25) is 0 Å². The van der Waals surface area contributed by atoms with Crippen LogP contribution in [-0.4, -0.2) is 29.5 Å². The Morgan fingerprint density at radius 2 is 1.81 bits per heavy atom. The van der Waals surface area contributed by atoms with Crippen LogP contribution < -0.4 is 5.32 Å². The fourth-order valence-corrected chi connectivity index (χ4v) is 3.29. The molecule has 6 heteroatoms. The molecule has 0 saturated carbocycles. The highest BCUT2D eigenvalue weighted by Gasteiger charge is 2.16. The van der Waals surface area contributed by atoms with Crippen molar-refractivity contribution in [3.05, 3.63) is 57.3 Å². The van der Waals surface area contributed by atoms with Gasteiger partial charge in [0.25, 0.3) is 5.91 Å². The molecule has 1 N–H and O–H groups in total. The predicted molar refractivity (Wildman–Crippen MR) is 104 cm³/mol. The first-order valence-corrected chi connectivity index (χ1v) is 9.38. The molecule has 0 aliphatic carbocycles. The molecule has 140 valence electrons. The van der Waals surface area contributed by atoms with Crippen LogP contribution in [0, 0.1) is 6.92 Å². The molecule has 1 aromatic heterocycles. The number of alkyl carbamates (subject to hydrolysis) is 1. The minimum Gasteiger partial charge on any atom is -0.444 e. The van der Waals surface area contributed by atoms with Crippen molar-refractivity contribution >= 4 is 23.3 Å². The molecule has 26 heavy (non-hydrogen) atoms. The lowest BCUT2D eigenvalue weighted by atomic mass is 10.1. The molecule has 1 heterocycles. The Labute approximate surface area is 159 Å². The van der Waals surface area contributed by atoms with Crippen molar-refractivity contribution in [2.45, 2.75) is 46.4 Å². The molecule has 0 bridgehead atoms. The maximum atomic E-state index is 12.6. The number of hydrogen-bond donors (Lipinski definition) is 1. The summed E-state index contributed by atoms with van der Waals surface area (Å²) < 4.78 is 5.20. The van der Waals surface area contributed by atoms with Crippen LogP contribution in [-0.2, 0) is 17.8 Å². The number of thiophene rings is 1. The highest BCUT2D eigenvalue weighted by Crippen LogP contribution is 2.18. The van der Waals surface area contributed by atoms with Gasteiger partial charge in [0.05, 0.1) is 6.54 Å². The molecule has 0 saturated heterocycles. The van der Waals surface area contributed by atoms with Crippen LogP contribution in [0.2, 0.25) is 0 Å². The first kappa shape index (κ1) is 20.0. The van der Waals surface area contributed by atoms with Crippen molar-refractivity contribution in [1.29, 1.82) is 0 Å². The fourth-order valence-electron chi connectivity index (χ4n) is 2.33. The van der Waals surface area contributed by atoms with Crippen molar-refractivity contribution < 1.29 is 14.3 Å². The van der Waals surface area contributed by atoms with E-state index >= 15 is 0 Å². The Morgan fingerprint density at radius 3 is 2.35 bits per heavy atom. The minimum atomic E-state index is -0.522. The number of nitrogens with one attached hydrogen (secondary N) is 1. The van der Waals surface area contributed by atoms with E-state index in [2.05, 4.69) is 18.3 Å². The van der Waals surface area contributed by atoms with Crippen molar-refractivity contribution in [3.8, 4) is 0 Å². The van der Waals surface area contributed by atoms with E-state index in [1.165, 1.54) is 10.4 Å². The molecule has 0 radical (unpaired) electrons. The zero-order valence-electron chi connectivity index (χ0n) is 16.0. The molecule has 2 aromatic rings. The molecule has 0 spiro atoms. The van der Waals surface area contributed by atoms with E-state index in [0.29, 0.717) is 18.7 Å². The molecule has 0 aliphatic heterocycles. The summed E-state index contributed by atoms with van der Waals surface area (Å²) in [5.41, 5.74) is 2.22. The third-order valence-corrected chi connectivity index (χ3v) is 4.74. The van der Waals surface area contributed by atoms with E-state index in [4.69, 9.17) is 4.74 Å². The second kappa shape index (κ2) is 8.36. The third-order valence-electron chi connectivity index (χ3n) is 3.73. The summed E-state index contributed by atoms with van der Waals surface area (Å²) in [6, 6.07) is 9.31. The topological polar surface area (TPSA) is 58.6 Å². The van der Waals surface area contributed by atoms with E-state index in [-0.39, 0.29) is 5.91 Å². The normalized spacial score (nSPS) is 11.1. The maximum absolute atomic E-state index is 12.6. The van der Waals surface area contributed by atoms with Crippen molar-refractivity contribution in [2.75, 3.05) is 7.05 Å². The fraction of sp³-hybridized carbons (Fsp3) is 0.400. The quantitative estimate of drug-likeness (QED) is 0.846. The summed E-state index contributed by atoms with van der Waals surface area (Å²) >= 11 is 1.66. The molecular weight excluding hydrogens is 348 g/mol. The Morgan fingerprint density at radius 1 is 1.15 bits per heavy atom. The lowest BCUT2D eigenvalue weighted by Gasteiger charge is -2.19. The van der Waals surface area contributed by atoms with Gasteiger partial charge in [-0.3, -0.25) is 4.79 Å². The average Bonchev–Trinajstić information content (AvgIpc) is 2.96. The summed E-state index contributed by atoms with van der Waals surface area (Å²) in [5.74, 6) is -0.0237. The molecule has 0 aliphatic rings. The molecule has 2 amide bonds. The Kier molecular flexibility index (Phi) is 6.42. The SMILES string of the molecule is Cc1ccsc1CN(C)C(=O)c1ccc(CNC(=O)OC(C)(C)C)cc1. The van der Waals surface area contributed by atoms with Gasteiger partial charge in [0.1, 0.15) is 5.60 Å². The van der Waals surface area contributed by atoms with Crippen LogP contribution in [0.1, 0.15) is 47.1 Å². The summed E-state index contributed by atoms with van der Waals surface area (Å²) in [7, 11) is 1.81. The van der Waals surface area contributed by atoms with Gasteiger partial charge in [-0.25, -0.2) is 4.79 Å². The lowest BCUT2D eigenvalue weighted by molar-refractivity contribution is 0.0523. The number of benzene rings is 1. The van der Waals surface area contributed by atoms with Crippen LogP contribution in [0.15, 0.2) is 35.7 Å². The Hall–Kier alpha value is -2.34. The lowest BCUT2D eigenvalue weighted by Crippen LogP contribution is -2.32. The zero-order valence-corrected chi connectivity index (χ0v) is 16.8. The van der Waals surface area contributed by atoms with Gasteiger partial charge in [-0.1, -0.05) is 12.1 Å². The number of carbonyl (C=O) groups is 2. The number of rotatable bonds is 5. The summed E-state index contributed by atoms with van der Waals surface area (Å²) in [4.78, 5) is 27.1. The highest BCUT2D eigenvalue weighted by molar-refractivity contribution is 7.10. The van der Waals surface area contributed by atoms with Gasteiger partial charge in [-0.05, 0) is 62.4 Å². The van der Waals surface area contributed by atoms with E-state index < -0.39 is 11.7 Å². The Balaban J connectivity index is 1.90. The largest absolute Gasteiger partial charge is 0.444 e. The van der Waals surface area contributed by atoms with Gasteiger partial charge in [0, 0.05) is 24.0 Å². The summed E-state index contributed by atoms with van der Waals surface area (Å²) in [6.07, 6.45) is -0.455. The van der Waals surface area contributed by atoms with Crippen molar-refractivity contribution in [1.82, 2.24) is 10.2 Å². The number of hydrogen-bond acceptors (Lipinski definition) is 4. The number of carbonyl (C=O) groups excluding carboxylic acids is 2. The summed E-state index contributed by atoms with van der Waals surface area (Å²) in [5, 5.41) is 4.74. The summed E-state index contributed by atoms with van der Waals surface area (Å²) in [6.45, 7) is 8.47. The molecule has 1 aromatic carbocycles. The van der Waals surface area contributed by atoms with Crippen molar-refractivity contribution in [2.24, 2.45) is 0 Å². The zero-order chi connectivity index (χ0) is 19.3. The minimum absolute atomic E-state index is 0.0237. The van der Waals surface area contributed by atoms with Crippen molar-refractivity contribution in [3.63, 3.8) is 0 Å². The van der Waals surface area contributed by atoms with Crippen LogP contribution in [0.4, 0.5) is 4.79 Å². The van der Waals surface area contributed by atoms with E-state index in [9.17, 15) is 9.59 Å². The van der Waals surface area contributed by atoms with Crippen LogP contribution in [0.25, 0.3) is 0 Å². The van der Waals surface area contributed by atoms with E-state index in [1.54, 1.807) is 35.4 Å². The standard InChI is InChI=1S/C20H26N2O3S/c1-14-10-11-26-17(14)13-22(5)18(23)16-8-6-15(7-9-16)12-21-19(24)25-20(2,3)4/h6-11H,12-13H2,1-5H3,(H,21,24). The number of nitrogens with zero attached hydrogens (tertiary/aromatic N) is 1. The second-order valence-corrected chi connectivity index (χ2v) is 8.24. The molecule has 2 rings (SSSR count). The predicted octanol–water partition coefficient (Wildman–Crippen LogP) is 4.35. The smallest absolute Gasteiger partial charge is 0.407 e. The third kappa shape index (κ3) is 5.88. The Bertz CT molecular complexity index is 760. The number of amides is 2. The van der Waals surface area contributed by atoms with E-state index in [0.717, 1.165) is 5.56 Å². The first-order valence-electron chi connectivity index (χ1n) is 8.50. The number of ether oxygens (including phenoxy) is 1. The monoisotopic (exact) mass is 374 g/mol. The van der Waals surface area contributed by atoms with Crippen LogP contribution >= 0.6 is 11.3 Å². The number of aryl methyl sites for hydroxylation is 1. The molecular formula is C20H26N2O3S. The molecule has 0 atom stereocenters. The molecule has 5 nitrogen and oxygen atoms in total. The molecule has 0 unspecified atom stereocenters. The van der Waals surface area contributed by atoms with Crippen LogP contribution in [0.5, 0.6) is 0 Å². The van der Waals surface area contributed by atoms with Gasteiger partial charge in [-0.15, -0.1) is 11.3 Å². The van der Waals surface area contributed by atoms with Gasteiger partial charge >= 0.3 is 6.09 Å². The van der Waals surface area contributed by atoms with Gasteiger partial charge < -0.3 is 15.0 Å². The van der Waals surface area contributed by atoms with E-state index in [1.807, 2.05) is 38.3 Å². The van der Waals surface area contributed by atoms with Crippen LogP contribution in [0.3, 0.4) is 0 Å². The maximum Gasteiger partial charge on any atom is 0.407 e. The molecule has 0 fully saturated rings. The van der Waals surface area contributed by atoms with Gasteiger partial charge in [0.15, 0.2) is 0 Å².